The average Bonchev–Trinajstić information content (AvgIpc) is 2.65. The van der Waals surface area contributed by atoms with E-state index in [4.69, 9.17) is 4.74 Å². The SMILES string of the molecule is Cc1ccc(C(=O)OC2CCCN(C)C2)s1.Cl. The number of ether oxygens (including phenoxy) is 1. The number of rotatable bonds is 2. The highest BCUT2D eigenvalue weighted by atomic mass is 35.5. The number of aryl methyl sites for hydroxylation is 1. The lowest BCUT2D eigenvalue weighted by Gasteiger charge is -2.29. The monoisotopic (exact) mass is 275 g/mol. The van der Waals surface area contributed by atoms with Gasteiger partial charge >= 0.3 is 5.97 Å². The van der Waals surface area contributed by atoms with Crippen molar-refractivity contribution in [3.63, 3.8) is 0 Å². The molecule has 1 atom stereocenters. The molecule has 1 unspecified atom stereocenters. The van der Waals surface area contributed by atoms with Crippen LogP contribution in [-0.4, -0.2) is 37.1 Å². The van der Waals surface area contributed by atoms with Gasteiger partial charge in [-0.25, -0.2) is 4.79 Å². The first-order valence-electron chi connectivity index (χ1n) is 5.61. The minimum Gasteiger partial charge on any atom is -0.457 e. The Hall–Kier alpha value is -0.580. The summed E-state index contributed by atoms with van der Waals surface area (Å²) in [6, 6.07) is 3.79. The topological polar surface area (TPSA) is 29.5 Å². The number of likely N-dealkylation sites (N-methyl/N-ethyl adjacent to an activating group) is 1. The average molecular weight is 276 g/mol. The van der Waals surface area contributed by atoms with Gasteiger partial charge in [0.2, 0.25) is 0 Å². The Kier molecular flexibility index (Phi) is 5.43. The van der Waals surface area contributed by atoms with E-state index in [0.29, 0.717) is 4.88 Å². The first-order valence-corrected chi connectivity index (χ1v) is 6.43. The van der Waals surface area contributed by atoms with Crippen LogP contribution in [0.25, 0.3) is 0 Å². The van der Waals surface area contributed by atoms with Gasteiger partial charge in [-0.1, -0.05) is 0 Å². The molecule has 1 aliphatic heterocycles. The van der Waals surface area contributed by atoms with E-state index in [9.17, 15) is 4.79 Å². The zero-order valence-corrected chi connectivity index (χ0v) is 11.8. The first-order chi connectivity index (χ1) is 7.65. The predicted molar refractivity (Wildman–Crippen MR) is 72.2 cm³/mol. The van der Waals surface area contributed by atoms with Crippen LogP contribution in [0.3, 0.4) is 0 Å². The molecule has 1 fully saturated rings. The van der Waals surface area contributed by atoms with Gasteiger partial charge in [0.25, 0.3) is 0 Å². The summed E-state index contributed by atoms with van der Waals surface area (Å²) < 4.78 is 5.49. The van der Waals surface area contributed by atoms with Gasteiger partial charge in [-0.3, -0.25) is 0 Å². The fourth-order valence-corrected chi connectivity index (χ4v) is 2.72. The van der Waals surface area contributed by atoms with E-state index >= 15 is 0 Å². The normalized spacial score (nSPS) is 20.7. The van der Waals surface area contributed by atoms with E-state index in [0.717, 1.165) is 30.8 Å². The van der Waals surface area contributed by atoms with Crippen molar-refractivity contribution in [1.29, 1.82) is 0 Å². The van der Waals surface area contributed by atoms with Crippen molar-refractivity contribution in [2.45, 2.75) is 25.9 Å². The maximum absolute atomic E-state index is 11.8. The third-order valence-corrected chi connectivity index (χ3v) is 3.78. The zero-order valence-electron chi connectivity index (χ0n) is 10.1. The van der Waals surface area contributed by atoms with E-state index in [-0.39, 0.29) is 24.5 Å². The van der Waals surface area contributed by atoms with Crippen LogP contribution < -0.4 is 0 Å². The lowest BCUT2D eigenvalue weighted by atomic mass is 10.1. The number of esters is 1. The van der Waals surface area contributed by atoms with E-state index in [1.54, 1.807) is 0 Å². The molecule has 1 aromatic rings. The Labute approximate surface area is 112 Å². The standard InChI is InChI=1S/C12H17NO2S.ClH/c1-9-5-6-11(16-9)12(14)15-10-4-3-7-13(2)8-10;/h5-6,10H,3-4,7-8H2,1-2H3;1H. The summed E-state index contributed by atoms with van der Waals surface area (Å²) in [6.07, 6.45) is 2.16. The Morgan fingerprint density at radius 2 is 2.29 bits per heavy atom. The van der Waals surface area contributed by atoms with Crippen molar-refractivity contribution in [3.05, 3.63) is 21.9 Å². The number of nitrogens with zero attached hydrogens (tertiary/aromatic N) is 1. The molecule has 0 radical (unpaired) electrons. The molecule has 2 heterocycles. The number of halogens is 1. The van der Waals surface area contributed by atoms with E-state index < -0.39 is 0 Å². The van der Waals surface area contributed by atoms with Crippen molar-refractivity contribution in [3.8, 4) is 0 Å². The Morgan fingerprint density at radius 3 is 2.88 bits per heavy atom. The fraction of sp³-hybridized carbons (Fsp3) is 0.583. The second kappa shape index (κ2) is 6.38. The van der Waals surface area contributed by atoms with Crippen molar-refractivity contribution < 1.29 is 9.53 Å². The molecule has 17 heavy (non-hydrogen) atoms. The molecule has 0 saturated carbocycles. The summed E-state index contributed by atoms with van der Waals surface area (Å²) >= 11 is 1.50. The zero-order chi connectivity index (χ0) is 11.5. The van der Waals surface area contributed by atoms with Crippen LogP contribution in [0.1, 0.15) is 27.4 Å². The molecule has 0 aliphatic carbocycles. The number of likely N-dealkylation sites (tertiary alicyclic amines) is 1. The largest absolute Gasteiger partial charge is 0.457 e. The Bertz CT molecular complexity index is 380. The summed E-state index contributed by atoms with van der Waals surface area (Å²) in [5.74, 6) is -0.168. The van der Waals surface area contributed by atoms with Crippen LogP contribution in [0, 0.1) is 6.92 Å². The molecule has 96 valence electrons. The summed E-state index contributed by atoms with van der Waals surface area (Å²) in [6.45, 7) is 3.96. The van der Waals surface area contributed by atoms with Crippen molar-refractivity contribution >= 4 is 29.7 Å². The number of hydrogen-bond acceptors (Lipinski definition) is 4. The number of hydrogen-bond donors (Lipinski definition) is 0. The highest BCUT2D eigenvalue weighted by Crippen LogP contribution is 2.19. The Morgan fingerprint density at radius 1 is 1.53 bits per heavy atom. The summed E-state index contributed by atoms with van der Waals surface area (Å²) in [5.41, 5.74) is 0. The molecule has 1 aromatic heterocycles. The van der Waals surface area contributed by atoms with Crippen LogP contribution in [0.2, 0.25) is 0 Å². The van der Waals surface area contributed by atoms with E-state index in [2.05, 4.69) is 11.9 Å². The summed E-state index contributed by atoms with van der Waals surface area (Å²) in [5, 5.41) is 0. The first kappa shape index (κ1) is 14.5. The summed E-state index contributed by atoms with van der Waals surface area (Å²) in [4.78, 5) is 15.9. The lowest BCUT2D eigenvalue weighted by molar-refractivity contribution is 0.0114. The van der Waals surface area contributed by atoms with Gasteiger partial charge in [-0.15, -0.1) is 23.7 Å². The van der Waals surface area contributed by atoms with E-state index in [1.807, 2.05) is 19.1 Å². The molecule has 0 N–H and O–H groups in total. The van der Waals surface area contributed by atoms with Crippen LogP contribution in [-0.2, 0) is 4.74 Å². The molecule has 0 amide bonds. The highest BCUT2D eigenvalue weighted by Gasteiger charge is 2.21. The Balaban J connectivity index is 0.00000144. The van der Waals surface area contributed by atoms with Gasteiger partial charge in [0.15, 0.2) is 0 Å². The van der Waals surface area contributed by atoms with Crippen molar-refractivity contribution in [2.24, 2.45) is 0 Å². The van der Waals surface area contributed by atoms with Crippen molar-refractivity contribution in [1.82, 2.24) is 4.90 Å². The van der Waals surface area contributed by atoms with Gasteiger partial charge in [-0.05, 0) is 45.5 Å². The van der Waals surface area contributed by atoms with Crippen LogP contribution in [0.5, 0.6) is 0 Å². The summed E-state index contributed by atoms with van der Waals surface area (Å²) in [7, 11) is 2.06. The van der Waals surface area contributed by atoms with Crippen LogP contribution >= 0.6 is 23.7 Å². The fourth-order valence-electron chi connectivity index (χ4n) is 1.97. The van der Waals surface area contributed by atoms with Gasteiger partial charge < -0.3 is 9.64 Å². The quantitative estimate of drug-likeness (QED) is 0.778. The molecule has 0 aromatic carbocycles. The lowest BCUT2D eigenvalue weighted by Crippen LogP contribution is -2.38. The van der Waals surface area contributed by atoms with Gasteiger partial charge in [0.1, 0.15) is 11.0 Å². The number of carbonyl (C=O) groups is 1. The molecular weight excluding hydrogens is 258 g/mol. The van der Waals surface area contributed by atoms with Gasteiger partial charge in [0.05, 0.1) is 0 Å². The number of piperidine rings is 1. The molecule has 1 aliphatic rings. The molecule has 0 bridgehead atoms. The van der Waals surface area contributed by atoms with E-state index in [1.165, 1.54) is 11.3 Å². The molecule has 5 heteroatoms. The number of carbonyl (C=O) groups excluding carboxylic acids is 1. The smallest absolute Gasteiger partial charge is 0.348 e. The highest BCUT2D eigenvalue weighted by molar-refractivity contribution is 7.13. The maximum atomic E-state index is 11.8. The molecule has 3 nitrogen and oxygen atoms in total. The van der Waals surface area contributed by atoms with Crippen LogP contribution in [0.4, 0.5) is 0 Å². The molecule has 0 spiro atoms. The molecule has 2 rings (SSSR count). The third-order valence-electron chi connectivity index (χ3n) is 2.80. The molecular formula is C12H18ClNO2S. The van der Waals surface area contributed by atoms with Gasteiger partial charge in [0, 0.05) is 11.4 Å². The minimum absolute atomic E-state index is 0. The second-order valence-electron chi connectivity index (χ2n) is 4.34. The van der Waals surface area contributed by atoms with Crippen molar-refractivity contribution in [2.75, 3.05) is 20.1 Å². The third kappa shape index (κ3) is 3.98. The predicted octanol–water partition coefficient (Wildman–Crippen LogP) is 2.73. The maximum Gasteiger partial charge on any atom is 0.348 e. The second-order valence-corrected chi connectivity index (χ2v) is 5.63. The van der Waals surface area contributed by atoms with Gasteiger partial charge in [-0.2, -0.15) is 0 Å². The molecule has 1 saturated heterocycles. The number of thiophene rings is 1. The minimum atomic E-state index is -0.168. The van der Waals surface area contributed by atoms with Crippen LogP contribution in [0.15, 0.2) is 12.1 Å².